The number of nitrogens with two attached hydrogens (primary N) is 1. The van der Waals surface area contributed by atoms with Gasteiger partial charge in [-0.3, -0.25) is 0 Å². The van der Waals surface area contributed by atoms with Gasteiger partial charge in [-0.1, -0.05) is 31.3 Å². The Balaban J connectivity index is 2.40. The molecule has 3 N–H and O–H groups in total. The Kier molecular flexibility index (Phi) is 4.43. The van der Waals surface area contributed by atoms with Crippen molar-refractivity contribution in [3.8, 4) is 0 Å². The van der Waals surface area contributed by atoms with E-state index in [4.69, 9.17) is 18.0 Å². The minimum absolute atomic E-state index is 0.147. The van der Waals surface area contributed by atoms with E-state index in [9.17, 15) is 13.5 Å². The predicted molar refractivity (Wildman–Crippen MR) is 80.9 cm³/mol. The molecule has 0 amide bonds. The lowest BCUT2D eigenvalue weighted by molar-refractivity contribution is 0.191. The number of hydrogen-bond acceptors (Lipinski definition) is 4. The van der Waals surface area contributed by atoms with Crippen LogP contribution in [0.3, 0.4) is 0 Å². The highest BCUT2D eigenvalue weighted by Crippen LogP contribution is 2.30. The fraction of sp³-hybridized carbons (Fsp3) is 0.462. The van der Waals surface area contributed by atoms with Crippen molar-refractivity contribution in [3.05, 3.63) is 29.8 Å². The van der Waals surface area contributed by atoms with Gasteiger partial charge in [-0.05, 0) is 24.5 Å². The molecule has 0 radical (unpaired) electrons. The number of hydrogen-bond donors (Lipinski definition) is 2. The van der Waals surface area contributed by atoms with Crippen molar-refractivity contribution in [2.75, 3.05) is 13.2 Å². The van der Waals surface area contributed by atoms with Crippen molar-refractivity contribution < 1.29 is 13.5 Å². The van der Waals surface area contributed by atoms with E-state index in [0.29, 0.717) is 12.1 Å². The van der Waals surface area contributed by atoms with Crippen molar-refractivity contribution >= 4 is 27.2 Å². The van der Waals surface area contributed by atoms with E-state index in [1.165, 1.54) is 16.4 Å². The minimum atomic E-state index is -3.63. The summed E-state index contributed by atoms with van der Waals surface area (Å²) in [4.78, 5) is 0.325. The Morgan fingerprint density at radius 2 is 2.25 bits per heavy atom. The third-order valence-electron chi connectivity index (χ3n) is 3.74. The van der Waals surface area contributed by atoms with Crippen LogP contribution in [-0.2, 0) is 10.0 Å². The molecule has 2 unspecified atom stereocenters. The molecule has 0 aliphatic carbocycles. The molecule has 20 heavy (non-hydrogen) atoms. The van der Waals surface area contributed by atoms with Crippen LogP contribution >= 0.6 is 12.2 Å². The molecular weight excluding hydrogens is 296 g/mol. The standard InChI is InChI=1S/C13H18N2O3S2/c1-9-5-6-15(12(9)8-16)20(17,18)11-4-2-3-10(7-11)13(14)19/h2-4,7,9,12,16H,5-6,8H2,1H3,(H2,14,19). The topological polar surface area (TPSA) is 83.6 Å². The summed E-state index contributed by atoms with van der Waals surface area (Å²) in [5, 5.41) is 9.41. The Hall–Kier alpha value is -1.02. The number of aliphatic hydroxyl groups excluding tert-OH is 1. The molecule has 0 bridgehead atoms. The van der Waals surface area contributed by atoms with Gasteiger partial charge in [0.2, 0.25) is 10.0 Å². The largest absolute Gasteiger partial charge is 0.395 e. The summed E-state index contributed by atoms with van der Waals surface area (Å²) < 4.78 is 26.7. The molecule has 1 aliphatic heterocycles. The second-order valence-electron chi connectivity index (χ2n) is 5.02. The van der Waals surface area contributed by atoms with Gasteiger partial charge in [-0.25, -0.2) is 8.42 Å². The average molecular weight is 314 g/mol. The highest BCUT2D eigenvalue weighted by molar-refractivity contribution is 7.89. The molecule has 1 saturated heterocycles. The summed E-state index contributed by atoms with van der Waals surface area (Å²) in [6, 6.07) is 5.93. The molecule has 1 heterocycles. The molecule has 110 valence electrons. The summed E-state index contributed by atoms with van der Waals surface area (Å²) >= 11 is 4.87. The first-order chi connectivity index (χ1) is 9.37. The first-order valence-electron chi connectivity index (χ1n) is 6.40. The van der Waals surface area contributed by atoms with Gasteiger partial charge in [-0.15, -0.1) is 0 Å². The van der Waals surface area contributed by atoms with E-state index in [-0.39, 0.29) is 28.5 Å². The van der Waals surface area contributed by atoms with Crippen molar-refractivity contribution in [2.24, 2.45) is 11.7 Å². The van der Waals surface area contributed by atoms with Crippen LogP contribution in [-0.4, -0.2) is 42.0 Å². The van der Waals surface area contributed by atoms with Gasteiger partial charge < -0.3 is 10.8 Å². The number of benzene rings is 1. The first-order valence-corrected chi connectivity index (χ1v) is 8.25. The Morgan fingerprint density at radius 1 is 1.55 bits per heavy atom. The molecule has 2 atom stereocenters. The SMILES string of the molecule is CC1CCN(S(=O)(=O)c2cccc(C(N)=S)c2)C1CO. The molecule has 5 nitrogen and oxygen atoms in total. The lowest BCUT2D eigenvalue weighted by atomic mass is 10.0. The van der Waals surface area contributed by atoms with Crippen molar-refractivity contribution in [3.63, 3.8) is 0 Å². The van der Waals surface area contributed by atoms with Gasteiger partial charge in [0.05, 0.1) is 17.5 Å². The zero-order chi connectivity index (χ0) is 14.9. The van der Waals surface area contributed by atoms with Crippen LogP contribution in [0.1, 0.15) is 18.9 Å². The molecule has 2 rings (SSSR count). The zero-order valence-corrected chi connectivity index (χ0v) is 12.8. The van der Waals surface area contributed by atoms with Crippen LogP contribution < -0.4 is 5.73 Å². The van der Waals surface area contributed by atoms with Crippen molar-refractivity contribution in [2.45, 2.75) is 24.3 Å². The molecule has 0 aromatic heterocycles. The average Bonchev–Trinajstić information content (AvgIpc) is 2.80. The Labute approximate surface area is 124 Å². The fourth-order valence-electron chi connectivity index (χ4n) is 2.49. The number of aliphatic hydroxyl groups is 1. The number of rotatable bonds is 4. The number of sulfonamides is 1. The summed E-state index contributed by atoms with van der Waals surface area (Å²) in [6.45, 7) is 2.20. The van der Waals surface area contributed by atoms with Gasteiger partial charge in [0.15, 0.2) is 0 Å². The van der Waals surface area contributed by atoms with Gasteiger partial charge in [0, 0.05) is 12.1 Å². The molecule has 0 spiro atoms. The van der Waals surface area contributed by atoms with E-state index in [0.717, 1.165) is 6.42 Å². The highest BCUT2D eigenvalue weighted by Gasteiger charge is 2.39. The van der Waals surface area contributed by atoms with Crippen molar-refractivity contribution in [1.82, 2.24) is 4.31 Å². The quantitative estimate of drug-likeness (QED) is 0.800. The summed E-state index contributed by atoms with van der Waals surface area (Å²) in [6.07, 6.45) is 0.749. The Morgan fingerprint density at radius 3 is 2.85 bits per heavy atom. The zero-order valence-electron chi connectivity index (χ0n) is 11.2. The summed E-state index contributed by atoms with van der Waals surface area (Å²) in [5.74, 6) is 0.147. The van der Waals surface area contributed by atoms with Crippen LogP contribution in [0, 0.1) is 5.92 Å². The van der Waals surface area contributed by atoms with Gasteiger partial charge in [-0.2, -0.15) is 4.31 Å². The lowest BCUT2D eigenvalue weighted by Gasteiger charge is -2.24. The maximum Gasteiger partial charge on any atom is 0.243 e. The molecule has 1 aromatic carbocycles. The third-order valence-corrected chi connectivity index (χ3v) is 5.90. The van der Waals surface area contributed by atoms with Gasteiger partial charge >= 0.3 is 0 Å². The number of nitrogens with zero attached hydrogens (tertiary/aromatic N) is 1. The monoisotopic (exact) mass is 314 g/mol. The molecule has 1 aromatic rings. The first kappa shape index (κ1) is 15.4. The molecule has 0 saturated carbocycles. The molecule has 1 fully saturated rings. The van der Waals surface area contributed by atoms with Crippen LogP contribution in [0.15, 0.2) is 29.2 Å². The van der Waals surface area contributed by atoms with Crippen LogP contribution in [0.4, 0.5) is 0 Å². The third kappa shape index (κ3) is 2.71. The van der Waals surface area contributed by atoms with E-state index < -0.39 is 10.0 Å². The second-order valence-corrected chi connectivity index (χ2v) is 7.35. The highest BCUT2D eigenvalue weighted by atomic mass is 32.2. The van der Waals surface area contributed by atoms with E-state index in [2.05, 4.69) is 0 Å². The van der Waals surface area contributed by atoms with Gasteiger partial charge in [0.25, 0.3) is 0 Å². The second kappa shape index (κ2) is 5.77. The van der Waals surface area contributed by atoms with E-state index >= 15 is 0 Å². The van der Waals surface area contributed by atoms with Crippen LogP contribution in [0.25, 0.3) is 0 Å². The number of thiocarbonyl (C=S) groups is 1. The Bertz CT molecular complexity index is 616. The minimum Gasteiger partial charge on any atom is -0.395 e. The van der Waals surface area contributed by atoms with E-state index in [1.807, 2.05) is 6.92 Å². The van der Waals surface area contributed by atoms with Crippen LogP contribution in [0.2, 0.25) is 0 Å². The molecular formula is C13H18N2O3S2. The molecule has 1 aliphatic rings. The summed E-state index contributed by atoms with van der Waals surface area (Å²) in [5.41, 5.74) is 6.06. The maximum absolute atomic E-state index is 12.7. The normalized spacial score (nSPS) is 23.9. The van der Waals surface area contributed by atoms with Crippen molar-refractivity contribution in [1.29, 1.82) is 0 Å². The summed E-state index contributed by atoms with van der Waals surface area (Å²) in [7, 11) is -3.63. The van der Waals surface area contributed by atoms with Gasteiger partial charge in [0.1, 0.15) is 4.99 Å². The molecule has 7 heteroatoms. The fourth-order valence-corrected chi connectivity index (χ4v) is 4.39. The maximum atomic E-state index is 12.7. The van der Waals surface area contributed by atoms with Crippen LogP contribution in [0.5, 0.6) is 0 Å². The smallest absolute Gasteiger partial charge is 0.243 e. The predicted octanol–water partition coefficient (Wildman–Crippen LogP) is 0.712. The van der Waals surface area contributed by atoms with E-state index in [1.54, 1.807) is 12.1 Å². The lowest BCUT2D eigenvalue weighted by Crippen LogP contribution is -2.39.